The van der Waals surface area contributed by atoms with E-state index in [4.69, 9.17) is 0 Å². The van der Waals surface area contributed by atoms with Gasteiger partial charge >= 0.3 is 0 Å². The zero-order valence-electron chi connectivity index (χ0n) is 6.72. The zero-order chi connectivity index (χ0) is 7.90. The standard InChI is InChI=1S/C7H11N3S/c1-5-9-10-6(11-5)8-7(2)3-4-7/h3-4H2,1-2H3,(H,8,10). The van der Waals surface area contributed by atoms with Gasteiger partial charge in [-0.15, -0.1) is 10.2 Å². The van der Waals surface area contributed by atoms with E-state index in [0.717, 1.165) is 10.1 Å². The number of nitrogens with one attached hydrogen (secondary N) is 1. The third kappa shape index (κ3) is 1.50. The van der Waals surface area contributed by atoms with Gasteiger partial charge in [0.15, 0.2) is 0 Å². The number of hydrogen-bond donors (Lipinski definition) is 1. The largest absolute Gasteiger partial charge is 0.355 e. The van der Waals surface area contributed by atoms with Gasteiger partial charge in [0.1, 0.15) is 5.01 Å². The van der Waals surface area contributed by atoms with E-state index in [9.17, 15) is 0 Å². The van der Waals surface area contributed by atoms with Crippen molar-refractivity contribution < 1.29 is 0 Å². The molecule has 1 fully saturated rings. The highest BCUT2D eigenvalue weighted by atomic mass is 32.1. The van der Waals surface area contributed by atoms with Gasteiger partial charge in [-0.3, -0.25) is 0 Å². The van der Waals surface area contributed by atoms with Crippen molar-refractivity contribution in [2.24, 2.45) is 0 Å². The van der Waals surface area contributed by atoms with Crippen molar-refractivity contribution in [1.29, 1.82) is 0 Å². The van der Waals surface area contributed by atoms with Gasteiger partial charge in [-0.2, -0.15) is 0 Å². The minimum atomic E-state index is 0.325. The minimum Gasteiger partial charge on any atom is -0.355 e. The van der Waals surface area contributed by atoms with Gasteiger partial charge < -0.3 is 5.32 Å². The highest BCUT2D eigenvalue weighted by molar-refractivity contribution is 7.15. The van der Waals surface area contributed by atoms with Crippen LogP contribution in [0.3, 0.4) is 0 Å². The van der Waals surface area contributed by atoms with Gasteiger partial charge in [0.25, 0.3) is 0 Å². The van der Waals surface area contributed by atoms with Crippen LogP contribution in [0.15, 0.2) is 0 Å². The van der Waals surface area contributed by atoms with Crippen LogP contribution in [-0.2, 0) is 0 Å². The van der Waals surface area contributed by atoms with Crippen LogP contribution in [0.1, 0.15) is 24.8 Å². The van der Waals surface area contributed by atoms with Crippen LogP contribution in [0.5, 0.6) is 0 Å². The second-order valence-corrected chi connectivity index (χ2v) is 4.49. The summed E-state index contributed by atoms with van der Waals surface area (Å²) in [5, 5.41) is 13.3. The quantitative estimate of drug-likeness (QED) is 0.733. The summed E-state index contributed by atoms with van der Waals surface area (Å²) in [7, 11) is 0. The summed E-state index contributed by atoms with van der Waals surface area (Å²) in [5.41, 5.74) is 0.325. The Morgan fingerprint density at radius 2 is 2.18 bits per heavy atom. The van der Waals surface area contributed by atoms with Gasteiger partial charge in [0, 0.05) is 5.54 Å². The molecule has 0 unspecified atom stereocenters. The molecular formula is C7H11N3S. The van der Waals surface area contributed by atoms with Gasteiger partial charge in [-0.05, 0) is 26.7 Å². The zero-order valence-corrected chi connectivity index (χ0v) is 7.53. The Balaban J connectivity index is 2.06. The van der Waals surface area contributed by atoms with Gasteiger partial charge in [0.2, 0.25) is 5.13 Å². The summed E-state index contributed by atoms with van der Waals surface area (Å²) >= 11 is 1.62. The summed E-state index contributed by atoms with van der Waals surface area (Å²) in [6.45, 7) is 4.18. The first-order valence-electron chi connectivity index (χ1n) is 3.76. The molecule has 60 valence electrons. The van der Waals surface area contributed by atoms with E-state index in [1.807, 2.05) is 6.92 Å². The number of hydrogen-bond acceptors (Lipinski definition) is 4. The first-order valence-corrected chi connectivity index (χ1v) is 4.58. The fourth-order valence-corrected chi connectivity index (χ4v) is 1.66. The highest BCUT2D eigenvalue weighted by Gasteiger charge is 2.37. The first-order chi connectivity index (χ1) is 5.18. The summed E-state index contributed by atoms with van der Waals surface area (Å²) in [6, 6.07) is 0. The number of aromatic nitrogens is 2. The van der Waals surface area contributed by atoms with Gasteiger partial charge in [-0.1, -0.05) is 11.3 Å². The molecule has 3 nitrogen and oxygen atoms in total. The van der Waals surface area contributed by atoms with Gasteiger partial charge in [-0.25, -0.2) is 0 Å². The highest BCUT2D eigenvalue weighted by Crippen LogP contribution is 2.38. The third-order valence-corrected chi connectivity index (χ3v) is 2.69. The Kier molecular flexibility index (Phi) is 1.39. The lowest BCUT2D eigenvalue weighted by molar-refractivity contribution is 0.821. The fourth-order valence-electron chi connectivity index (χ4n) is 0.918. The minimum absolute atomic E-state index is 0.325. The average molecular weight is 169 g/mol. The van der Waals surface area contributed by atoms with E-state index in [1.165, 1.54) is 12.8 Å². The SMILES string of the molecule is Cc1nnc(NC2(C)CC2)s1. The molecular weight excluding hydrogens is 158 g/mol. The predicted molar refractivity (Wildman–Crippen MR) is 45.9 cm³/mol. The molecule has 2 rings (SSSR count). The van der Waals surface area contributed by atoms with E-state index in [-0.39, 0.29) is 0 Å². The Morgan fingerprint density at radius 3 is 2.64 bits per heavy atom. The Bertz CT molecular complexity index is 264. The van der Waals surface area contributed by atoms with Crippen LogP contribution in [0.4, 0.5) is 5.13 Å². The van der Waals surface area contributed by atoms with Crippen molar-refractivity contribution in [3.05, 3.63) is 5.01 Å². The number of rotatable bonds is 2. The molecule has 1 N–H and O–H groups in total. The molecule has 0 spiro atoms. The van der Waals surface area contributed by atoms with Crippen LogP contribution in [-0.4, -0.2) is 15.7 Å². The molecule has 1 saturated carbocycles. The molecule has 0 saturated heterocycles. The second-order valence-electron chi connectivity index (χ2n) is 3.31. The van der Waals surface area contributed by atoms with Gasteiger partial charge in [0.05, 0.1) is 0 Å². The van der Waals surface area contributed by atoms with Crippen molar-refractivity contribution >= 4 is 16.5 Å². The molecule has 11 heavy (non-hydrogen) atoms. The molecule has 4 heteroatoms. The summed E-state index contributed by atoms with van der Waals surface area (Å²) in [4.78, 5) is 0. The monoisotopic (exact) mass is 169 g/mol. The van der Waals surface area contributed by atoms with Crippen molar-refractivity contribution in [2.45, 2.75) is 32.2 Å². The van der Waals surface area contributed by atoms with Crippen LogP contribution >= 0.6 is 11.3 Å². The molecule has 0 bridgehead atoms. The fraction of sp³-hybridized carbons (Fsp3) is 0.714. The summed E-state index contributed by atoms with van der Waals surface area (Å²) in [6.07, 6.45) is 2.51. The molecule has 1 heterocycles. The van der Waals surface area contributed by atoms with E-state index in [2.05, 4.69) is 22.4 Å². The average Bonchev–Trinajstić information content (AvgIpc) is 2.49. The molecule has 0 amide bonds. The van der Waals surface area contributed by atoms with E-state index >= 15 is 0 Å². The van der Waals surface area contributed by atoms with Crippen molar-refractivity contribution in [3.8, 4) is 0 Å². The molecule has 1 aromatic rings. The normalized spacial score (nSPS) is 19.8. The lowest BCUT2D eigenvalue weighted by Crippen LogP contribution is -2.15. The maximum atomic E-state index is 4.00. The van der Waals surface area contributed by atoms with E-state index in [1.54, 1.807) is 11.3 Å². The maximum Gasteiger partial charge on any atom is 0.206 e. The number of nitrogens with zero attached hydrogens (tertiary/aromatic N) is 2. The van der Waals surface area contributed by atoms with Crippen molar-refractivity contribution in [2.75, 3.05) is 5.32 Å². The Labute approximate surface area is 69.8 Å². The second kappa shape index (κ2) is 2.17. The van der Waals surface area contributed by atoms with Crippen LogP contribution in [0.2, 0.25) is 0 Å². The van der Waals surface area contributed by atoms with Crippen LogP contribution < -0.4 is 5.32 Å². The molecule has 1 aromatic heterocycles. The first kappa shape index (κ1) is 7.03. The molecule has 1 aliphatic carbocycles. The summed E-state index contributed by atoms with van der Waals surface area (Å²) < 4.78 is 0. The topological polar surface area (TPSA) is 37.8 Å². The summed E-state index contributed by atoms with van der Waals surface area (Å²) in [5.74, 6) is 0. The van der Waals surface area contributed by atoms with Crippen molar-refractivity contribution in [3.63, 3.8) is 0 Å². The van der Waals surface area contributed by atoms with E-state index in [0.29, 0.717) is 5.54 Å². The van der Waals surface area contributed by atoms with Crippen molar-refractivity contribution in [1.82, 2.24) is 10.2 Å². The Morgan fingerprint density at radius 1 is 1.45 bits per heavy atom. The van der Waals surface area contributed by atoms with E-state index < -0.39 is 0 Å². The Hall–Kier alpha value is -0.640. The number of anilines is 1. The molecule has 0 aromatic carbocycles. The van der Waals surface area contributed by atoms with Crippen LogP contribution in [0.25, 0.3) is 0 Å². The third-order valence-electron chi connectivity index (χ3n) is 1.93. The molecule has 0 atom stereocenters. The molecule has 0 radical (unpaired) electrons. The predicted octanol–water partition coefficient (Wildman–Crippen LogP) is 1.81. The lowest BCUT2D eigenvalue weighted by Gasteiger charge is -2.07. The smallest absolute Gasteiger partial charge is 0.206 e. The van der Waals surface area contributed by atoms with Crippen LogP contribution in [0, 0.1) is 6.92 Å². The lowest BCUT2D eigenvalue weighted by atomic mass is 10.3. The molecule has 1 aliphatic rings. The molecule has 0 aliphatic heterocycles. The number of aryl methyl sites for hydroxylation is 1. The maximum absolute atomic E-state index is 4.00.